The van der Waals surface area contributed by atoms with Crippen LogP contribution in [-0.4, -0.2) is 59.0 Å². The molecule has 1 atom stereocenters. The van der Waals surface area contributed by atoms with Crippen LogP contribution >= 0.6 is 11.6 Å². The Morgan fingerprint density at radius 1 is 0.950 bits per heavy atom. The van der Waals surface area contributed by atoms with Crippen LogP contribution in [0.5, 0.6) is 11.5 Å². The molecule has 0 saturated carbocycles. The number of anilines is 1. The second kappa shape index (κ2) is 13.5. The van der Waals surface area contributed by atoms with Crippen molar-refractivity contribution in [1.82, 2.24) is 10.2 Å². The van der Waals surface area contributed by atoms with Gasteiger partial charge in [0.1, 0.15) is 12.6 Å². The molecule has 0 aromatic heterocycles. The Balaban J connectivity index is 2.11. The molecule has 3 aromatic rings. The van der Waals surface area contributed by atoms with Crippen LogP contribution in [0.1, 0.15) is 24.5 Å². The lowest BCUT2D eigenvalue weighted by atomic mass is 10.1. The zero-order valence-electron chi connectivity index (χ0n) is 23.2. The SMILES string of the molecule is CC[C@H](C(=O)NC)N(Cc1ccc(Cl)cc1)C(=O)CN(c1ccc(OC)c(OC)c1)S(=O)(=O)c1ccc(C)cc1. The van der Waals surface area contributed by atoms with E-state index in [1.54, 1.807) is 55.5 Å². The summed E-state index contributed by atoms with van der Waals surface area (Å²) in [5, 5.41) is 3.14. The average Bonchev–Trinajstić information content (AvgIpc) is 2.96. The molecule has 0 aliphatic carbocycles. The van der Waals surface area contributed by atoms with E-state index in [2.05, 4.69) is 5.32 Å². The maximum atomic E-state index is 14.0. The Morgan fingerprint density at radius 3 is 2.12 bits per heavy atom. The van der Waals surface area contributed by atoms with Crippen molar-refractivity contribution >= 4 is 39.1 Å². The van der Waals surface area contributed by atoms with Crippen LogP contribution < -0.4 is 19.1 Å². The molecule has 0 saturated heterocycles. The fraction of sp³-hybridized carbons (Fsp3) is 0.310. The molecule has 3 rings (SSSR count). The van der Waals surface area contributed by atoms with Crippen LogP contribution in [0.3, 0.4) is 0 Å². The molecule has 1 N–H and O–H groups in total. The van der Waals surface area contributed by atoms with Crippen molar-refractivity contribution < 1.29 is 27.5 Å². The number of benzene rings is 3. The Kier molecular flexibility index (Phi) is 10.4. The van der Waals surface area contributed by atoms with Crippen molar-refractivity contribution in [3.63, 3.8) is 0 Å². The van der Waals surface area contributed by atoms with Gasteiger partial charge in [-0.05, 0) is 55.3 Å². The first-order valence-electron chi connectivity index (χ1n) is 12.6. The zero-order valence-corrected chi connectivity index (χ0v) is 24.8. The number of rotatable bonds is 12. The smallest absolute Gasteiger partial charge is 0.264 e. The number of methoxy groups -OCH3 is 2. The maximum Gasteiger partial charge on any atom is 0.264 e. The molecule has 0 fully saturated rings. The van der Waals surface area contributed by atoms with Gasteiger partial charge < -0.3 is 19.7 Å². The van der Waals surface area contributed by atoms with Gasteiger partial charge in [0, 0.05) is 24.7 Å². The first-order chi connectivity index (χ1) is 19.0. The third kappa shape index (κ3) is 7.05. The van der Waals surface area contributed by atoms with E-state index in [-0.39, 0.29) is 23.0 Å². The van der Waals surface area contributed by atoms with Gasteiger partial charge in [0.25, 0.3) is 10.0 Å². The summed E-state index contributed by atoms with van der Waals surface area (Å²) in [6, 6.07) is 17.0. The van der Waals surface area contributed by atoms with Crippen molar-refractivity contribution in [2.24, 2.45) is 0 Å². The van der Waals surface area contributed by atoms with Gasteiger partial charge in [0.15, 0.2) is 11.5 Å². The fourth-order valence-electron chi connectivity index (χ4n) is 4.22. The van der Waals surface area contributed by atoms with E-state index >= 15 is 0 Å². The molecule has 3 aromatic carbocycles. The number of nitrogens with one attached hydrogen (secondary N) is 1. The Bertz CT molecular complexity index is 1430. The molecule has 0 bridgehead atoms. The summed E-state index contributed by atoms with van der Waals surface area (Å²) in [6.45, 7) is 3.15. The average molecular weight is 588 g/mol. The first-order valence-corrected chi connectivity index (χ1v) is 14.4. The first kappa shape index (κ1) is 30.8. The van der Waals surface area contributed by atoms with Crippen molar-refractivity contribution in [2.45, 2.75) is 37.8 Å². The number of hydrogen-bond acceptors (Lipinski definition) is 6. The van der Waals surface area contributed by atoms with Gasteiger partial charge in [-0.1, -0.05) is 48.4 Å². The van der Waals surface area contributed by atoms with Gasteiger partial charge in [0.2, 0.25) is 11.8 Å². The fourth-order valence-corrected chi connectivity index (χ4v) is 5.75. The topological polar surface area (TPSA) is 105 Å². The Labute approximate surface area is 240 Å². The minimum atomic E-state index is -4.21. The Hall–Kier alpha value is -3.76. The summed E-state index contributed by atoms with van der Waals surface area (Å²) in [5.74, 6) is -0.216. The number of amides is 2. The monoisotopic (exact) mass is 587 g/mol. The van der Waals surface area contributed by atoms with E-state index in [4.69, 9.17) is 21.1 Å². The Morgan fingerprint density at radius 2 is 1.57 bits per heavy atom. The molecule has 11 heteroatoms. The number of sulfonamides is 1. The lowest BCUT2D eigenvalue weighted by Gasteiger charge is -2.33. The third-order valence-corrected chi connectivity index (χ3v) is 8.48. The van der Waals surface area contributed by atoms with Crippen LogP contribution in [0.25, 0.3) is 0 Å². The van der Waals surface area contributed by atoms with Crippen molar-refractivity contribution in [2.75, 3.05) is 32.1 Å². The van der Waals surface area contributed by atoms with E-state index in [9.17, 15) is 18.0 Å². The summed E-state index contributed by atoms with van der Waals surface area (Å²) in [7, 11) is 0.196. The molecule has 214 valence electrons. The van der Waals surface area contributed by atoms with E-state index in [1.165, 1.54) is 44.4 Å². The largest absolute Gasteiger partial charge is 0.493 e. The third-order valence-electron chi connectivity index (χ3n) is 6.44. The van der Waals surface area contributed by atoms with Gasteiger partial charge >= 0.3 is 0 Å². The van der Waals surface area contributed by atoms with E-state index in [0.29, 0.717) is 22.9 Å². The molecular formula is C29H34ClN3O6S. The minimum absolute atomic E-state index is 0.0169. The van der Waals surface area contributed by atoms with Crippen molar-refractivity contribution in [3.05, 3.63) is 82.9 Å². The molecule has 40 heavy (non-hydrogen) atoms. The number of ether oxygens (including phenoxy) is 2. The lowest BCUT2D eigenvalue weighted by Crippen LogP contribution is -2.51. The second-order valence-corrected chi connectivity index (χ2v) is 11.3. The summed E-state index contributed by atoms with van der Waals surface area (Å²) < 4.78 is 39.7. The predicted molar refractivity (Wildman–Crippen MR) is 155 cm³/mol. The molecule has 0 unspecified atom stereocenters. The highest BCUT2D eigenvalue weighted by Crippen LogP contribution is 2.34. The molecule has 0 heterocycles. The predicted octanol–water partition coefficient (Wildman–Crippen LogP) is 4.41. The molecule has 0 spiro atoms. The molecule has 2 amide bonds. The van der Waals surface area contributed by atoms with Crippen LogP contribution in [-0.2, 0) is 26.2 Å². The van der Waals surface area contributed by atoms with Crippen LogP contribution in [0, 0.1) is 6.92 Å². The van der Waals surface area contributed by atoms with Crippen LogP contribution in [0.4, 0.5) is 5.69 Å². The second-order valence-electron chi connectivity index (χ2n) is 9.05. The number of hydrogen-bond donors (Lipinski definition) is 1. The number of nitrogens with zero attached hydrogens (tertiary/aromatic N) is 2. The summed E-state index contributed by atoms with van der Waals surface area (Å²) in [5.41, 5.74) is 1.82. The number of likely N-dealkylation sites (N-methyl/N-ethyl adjacent to an activating group) is 1. The van der Waals surface area contributed by atoms with Gasteiger partial charge in [0.05, 0.1) is 24.8 Å². The molecule has 9 nitrogen and oxygen atoms in total. The quantitative estimate of drug-likeness (QED) is 0.336. The molecule has 0 radical (unpaired) electrons. The van der Waals surface area contributed by atoms with E-state index < -0.39 is 28.5 Å². The molecule has 0 aliphatic rings. The maximum absolute atomic E-state index is 14.0. The molecule has 0 aliphatic heterocycles. The normalized spacial score (nSPS) is 11.8. The standard InChI is InChI=1S/C29H34ClN3O6S/c1-6-25(29(35)31-3)32(18-21-9-11-22(30)12-10-21)28(34)19-33(23-13-16-26(38-4)27(17-23)39-5)40(36,37)24-14-7-20(2)8-15-24/h7-17,25H,6,18-19H2,1-5H3,(H,31,35)/t25-/m1/s1. The minimum Gasteiger partial charge on any atom is -0.493 e. The van der Waals surface area contributed by atoms with Crippen molar-refractivity contribution in [3.8, 4) is 11.5 Å². The van der Waals surface area contributed by atoms with Gasteiger partial charge in [-0.3, -0.25) is 13.9 Å². The number of halogens is 1. The zero-order chi connectivity index (χ0) is 29.4. The van der Waals surface area contributed by atoms with E-state index in [1.807, 2.05) is 6.92 Å². The van der Waals surface area contributed by atoms with Crippen LogP contribution in [0.2, 0.25) is 5.02 Å². The van der Waals surface area contributed by atoms with E-state index in [0.717, 1.165) is 15.4 Å². The lowest BCUT2D eigenvalue weighted by molar-refractivity contribution is -0.140. The highest BCUT2D eigenvalue weighted by molar-refractivity contribution is 7.92. The summed E-state index contributed by atoms with van der Waals surface area (Å²) in [6.07, 6.45) is 0.320. The highest BCUT2D eigenvalue weighted by atomic mass is 35.5. The summed E-state index contributed by atoms with van der Waals surface area (Å²) in [4.78, 5) is 28.2. The van der Waals surface area contributed by atoms with Gasteiger partial charge in [-0.2, -0.15) is 0 Å². The number of carbonyl (C=O) groups is 2. The summed E-state index contributed by atoms with van der Waals surface area (Å²) >= 11 is 6.04. The molecular weight excluding hydrogens is 554 g/mol. The number of aryl methyl sites for hydroxylation is 1. The highest BCUT2D eigenvalue weighted by Gasteiger charge is 2.33. The van der Waals surface area contributed by atoms with Gasteiger partial charge in [-0.25, -0.2) is 8.42 Å². The van der Waals surface area contributed by atoms with Crippen LogP contribution in [0.15, 0.2) is 71.6 Å². The van der Waals surface area contributed by atoms with Gasteiger partial charge in [-0.15, -0.1) is 0 Å². The number of carbonyl (C=O) groups excluding carboxylic acids is 2. The van der Waals surface area contributed by atoms with Crippen molar-refractivity contribution in [1.29, 1.82) is 0 Å².